The molecule has 0 fully saturated rings. The van der Waals surface area contributed by atoms with E-state index in [1.165, 1.54) is 4.57 Å². The third kappa shape index (κ3) is 9.06. The zero-order chi connectivity index (χ0) is 30.2. The van der Waals surface area contributed by atoms with E-state index < -0.39 is 35.1 Å². The Kier molecular flexibility index (Phi) is 10.0. The van der Waals surface area contributed by atoms with Crippen LogP contribution in [0.1, 0.15) is 37.5 Å². The van der Waals surface area contributed by atoms with Gasteiger partial charge in [-0.1, -0.05) is 24.3 Å². The first-order valence-corrected chi connectivity index (χ1v) is 12.9. The Balaban J connectivity index is 1.84. The number of aryl methyl sites for hydroxylation is 1. The summed E-state index contributed by atoms with van der Waals surface area (Å²) < 4.78 is 12.0. The SMILES string of the molecule is COc1ccc(Cn2ccc(C)c(NC(=O)[C@H](Cc3ccc(NC(=O)C=O)cc3)NC(=O)OC(C)(C)C)c2=O)cc1. The largest absolute Gasteiger partial charge is 0.497 e. The lowest BCUT2D eigenvalue weighted by Gasteiger charge is -2.24. The van der Waals surface area contributed by atoms with E-state index in [-0.39, 0.29) is 24.9 Å². The lowest BCUT2D eigenvalue weighted by Crippen LogP contribution is -2.47. The summed E-state index contributed by atoms with van der Waals surface area (Å²) in [4.78, 5) is 61.3. The lowest BCUT2D eigenvalue weighted by atomic mass is 10.0. The zero-order valence-electron chi connectivity index (χ0n) is 23.6. The number of amides is 3. The molecule has 0 unspecified atom stereocenters. The van der Waals surface area contributed by atoms with E-state index in [1.807, 2.05) is 12.1 Å². The van der Waals surface area contributed by atoms with Crippen molar-refractivity contribution in [2.45, 2.75) is 52.3 Å². The summed E-state index contributed by atoms with van der Waals surface area (Å²) in [7, 11) is 1.57. The molecule has 41 heavy (non-hydrogen) atoms. The molecule has 0 bridgehead atoms. The number of aldehydes is 1. The molecule has 11 heteroatoms. The number of carbonyl (C=O) groups excluding carboxylic acids is 4. The average Bonchev–Trinajstić information content (AvgIpc) is 2.92. The van der Waals surface area contributed by atoms with Crippen molar-refractivity contribution >= 4 is 35.6 Å². The summed E-state index contributed by atoms with van der Waals surface area (Å²) in [6.45, 7) is 7.09. The van der Waals surface area contributed by atoms with Crippen molar-refractivity contribution in [1.82, 2.24) is 9.88 Å². The number of nitrogens with one attached hydrogen (secondary N) is 3. The highest BCUT2D eigenvalue weighted by atomic mass is 16.6. The topological polar surface area (TPSA) is 145 Å². The van der Waals surface area contributed by atoms with Gasteiger partial charge in [0, 0.05) is 18.3 Å². The van der Waals surface area contributed by atoms with E-state index in [2.05, 4.69) is 16.0 Å². The maximum atomic E-state index is 13.5. The van der Waals surface area contributed by atoms with Crippen LogP contribution in [0.4, 0.5) is 16.2 Å². The second-order valence-corrected chi connectivity index (χ2v) is 10.4. The number of hydrogen-bond acceptors (Lipinski definition) is 7. The molecule has 2 aromatic carbocycles. The molecule has 3 N–H and O–H groups in total. The number of carbonyl (C=O) groups is 4. The molecule has 0 aliphatic rings. The van der Waals surface area contributed by atoms with E-state index >= 15 is 0 Å². The first-order chi connectivity index (χ1) is 19.4. The highest BCUT2D eigenvalue weighted by molar-refractivity contribution is 6.29. The number of rotatable bonds is 10. The Labute approximate surface area is 237 Å². The standard InChI is InChI=1S/C30H34N4O7/c1-19-14-15-34(17-21-8-12-23(40-5)13-9-21)28(38)26(19)33-27(37)24(32-29(39)41-30(2,3)4)16-20-6-10-22(11-7-20)31-25(36)18-35/h6-15,18,24H,16-17H2,1-5H3,(H,31,36)(H,32,39)(H,33,37)/t24-/m0/s1. The fourth-order valence-corrected chi connectivity index (χ4v) is 3.87. The Morgan fingerprint density at radius 2 is 1.59 bits per heavy atom. The number of anilines is 2. The van der Waals surface area contributed by atoms with Crippen LogP contribution >= 0.6 is 0 Å². The van der Waals surface area contributed by atoms with Gasteiger partial charge in [-0.25, -0.2) is 4.79 Å². The molecule has 0 saturated heterocycles. The predicted molar refractivity (Wildman–Crippen MR) is 154 cm³/mol. The lowest BCUT2D eigenvalue weighted by molar-refractivity contribution is -0.127. The van der Waals surface area contributed by atoms with E-state index in [1.54, 1.807) is 83.5 Å². The second-order valence-electron chi connectivity index (χ2n) is 10.4. The van der Waals surface area contributed by atoms with Gasteiger partial charge in [0.1, 0.15) is 23.1 Å². The molecule has 0 radical (unpaired) electrons. The van der Waals surface area contributed by atoms with Crippen LogP contribution in [0.5, 0.6) is 5.75 Å². The number of aromatic nitrogens is 1. The number of pyridine rings is 1. The number of nitrogens with zero attached hydrogens (tertiary/aromatic N) is 1. The molecule has 1 atom stereocenters. The van der Waals surface area contributed by atoms with Crippen LogP contribution in [0.25, 0.3) is 0 Å². The summed E-state index contributed by atoms with van der Waals surface area (Å²) in [5, 5.41) is 7.70. The molecule has 3 aromatic rings. The van der Waals surface area contributed by atoms with Crippen molar-refractivity contribution in [2.75, 3.05) is 17.7 Å². The third-order valence-electron chi connectivity index (χ3n) is 5.91. The maximum Gasteiger partial charge on any atom is 0.408 e. The van der Waals surface area contributed by atoms with Gasteiger partial charge < -0.3 is 30.0 Å². The van der Waals surface area contributed by atoms with Crippen LogP contribution in [0.15, 0.2) is 65.6 Å². The predicted octanol–water partition coefficient (Wildman–Crippen LogP) is 3.43. The van der Waals surface area contributed by atoms with E-state index in [0.29, 0.717) is 22.6 Å². The first kappa shape index (κ1) is 30.6. The van der Waals surface area contributed by atoms with Gasteiger partial charge in [-0.05, 0) is 74.7 Å². The molecule has 0 saturated carbocycles. The van der Waals surface area contributed by atoms with Gasteiger partial charge in [0.25, 0.3) is 11.5 Å². The Morgan fingerprint density at radius 1 is 0.951 bits per heavy atom. The minimum absolute atomic E-state index is 0.0545. The summed E-state index contributed by atoms with van der Waals surface area (Å²) >= 11 is 0. The Hall–Kier alpha value is -4.93. The van der Waals surface area contributed by atoms with Crippen molar-refractivity contribution in [3.8, 4) is 5.75 Å². The highest BCUT2D eigenvalue weighted by Crippen LogP contribution is 2.16. The smallest absolute Gasteiger partial charge is 0.408 e. The number of methoxy groups -OCH3 is 1. The first-order valence-electron chi connectivity index (χ1n) is 12.9. The van der Waals surface area contributed by atoms with Gasteiger partial charge in [0.15, 0.2) is 0 Å². The fourth-order valence-electron chi connectivity index (χ4n) is 3.87. The average molecular weight is 563 g/mol. The molecule has 0 aliphatic carbocycles. The van der Waals surface area contributed by atoms with Crippen LogP contribution in [0.3, 0.4) is 0 Å². The second kappa shape index (κ2) is 13.4. The van der Waals surface area contributed by atoms with E-state index in [0.717, 1.165) is 5.56 Å². The molecule has 11 nitrogen and oxygen atoms in total. The molecule has 1 aromatic heterocycles. The van der Waals surface area contributed by atoms with Crippen LogP contribution in [0, 0.1) is 6.92 Å². The van der Waals surface area contributed by atoms with Crippen molar-refractivity contribution in [2.24, 2.45) is 0 Å². The highest BCUT2D eigenvalue weighted by Gasteiger charge is 2.26. The van der Waals surface area contributed by atoms with Gasteiger partial charge in [-0.2, -0.15) is 0 Å². The molecule has 0 aliphatic heterocycles. The number of alkyl carbamates (subject to hydrolysis) is 1. The molecule has 3 rings (SSSR count). The van der Waals surface area contributed by atoms with Crippen LogP contribution in [-0.4, -0.2) is 47.5 Å². The zero-order valence-corrected chi connectivity index (χ0v) is 23.6. The van der Waals surface area contributed by atoms with Gasteiger partial charge in [0.2, 0.25) is 12.2 Å². The van der Waals surface area contributed by atoms with Crippen molar-refractivity contribution < 1.29 is 28.7 Å². The van der Waals surface area contributed by atoms with E-state index in [9.17, 15) is 24.0 Å². The minimum Gasteiger partial charge on any atom is -0.497 e. The molecular weight excluding hydrogens is 528 g/mol. The summed E-state index contributed by atoms with van der Waals surface area (Å²) in [5.74, 6) is -0.712. The number of hydrogen-bond donors (Lipinski definition) is 3. The maximum absolute atomic E-state index is 13.5. The Morgan fingerprint density at radius 3 is 2.17 bits per heavy atom. The monoisotopic (exact) mass is 562 g/mol. The van der Waals surface area contributed by atoms with Gasteiger partial charge in [-0.3, -0.25) is 19.2 Å². The molecule has 3 amide bonds. The number of benzene rings is 2. The molecule has 1 heterocycles. The summed E-state index contributed by atoms with van der Waals surface area (Å²) in [5.41, 5.74) is 1.35. The van der Waals surface area contributed by atoms with Crippen molar-refractivity contribution in [3.63, 3.8) is 0 Å². The van der Waals surface area contributed by atoms with Gasteiger partial charge in [0.05, 0.1) is 13.7 Å². The third-order valence-corrected chi connectivity index (χ3v) is 5.91. The summed E-state index contributed by atoms with van der Waals surface area (Å²) in [6, 6.07) is 14.3. The Bertz CT molecular complexity index is 1460. The van der Waals surface area contributed by atoms with Crippen molar-refractivity contribution in [3.05, 3.63) is 87.8 Å². The number of ether oxygens (including phenoxy) is 2. The van der Waals surface area contributed by atoms with Crippen molar-refractivity contribution in [1.29, 1.82) is 0 Å². The van der Waals surface area contributed by atoms with Gasteiger partial charge >= 0.3 is 6.09 Å². The van der Waals surface area contributed by atoms with Gasteiger partial charge in [-0.15, -0.1) is 0 Å². The quantitative estimate of drug-likeness (QED) is 0.254. The fraction of sp³-hybridized carbons (Fsp3) is 0.300. The molecule has 216 valence electrons. The van der Waals surface area contributed by atoms with E-state index in [4.69, 9.17) is 9.47 Å². The van der Waals surface area contributed by atoms with Crippen LogP contribution < -0.4 is 26.2 Å². The summed E-state index contributed by atoms with van der Waals surface area (Å²) in [6.07, 6.45) is 1.07. The van der Waals surface area contributed by atoms with Crippen LogP contribution in [0.2, 0.25) is 0 Å². The molecular formula is C30H34N4O7. The van der Waals surface area contributed by atoms with Crippen LogP contribution in [-0.2, 0) is 32.1 Å². The molecule has 0 spiro atoms. The normalized spacial score (nSPS) is 11.6. The minimum atomic E-state index is -1.10.